The first kappa shape index (κ1) is 10.4. The molecule has 0 amide bonds. The van der Waals surface area contributed by atoms with Gasteiger partial charge < -0.3 is 5.32 Å². The minimum Gasteiger partial charge on any atom is -0.378 e. The summed E-state index contributed by atoms with van der Waals surface area (Å²) < 4.78 is 0. The van der Waals surface area contributed by atoms with Crippen LogP contribution >= 0.6 is 0 Å². The predicted octanol–water partition coefficient (Wildman–Crippen LogP) is 4.18. The van der Waals surface area contributed by atoms with E-state index in [0.717, 1.165) is 0 Å². The number of benzene rings is 2. The number of nitrogens with one attached hydrogen (secondary N) is 1. The third-order valence-corrected chi connectivity index (χ3v) is 3.48. The van der Waals surface area contributed by atoms with E-state index < -0.39 is 0 Å². The summed E-state index contributed by atoms with van der Waals surface area (Å²) in [5.74, 6) is 0. The molecule has 0 bridgehead atoms. The van der Waals surface area contributed by atoms with Crippen LogP contribution in [-0.4, -0.2) is 0 Å². The van der Waals surface area contributed by atoms with Crippen molar-refractivity contribution in [3.8, 4) is 0 Å². The minimum atomic E-state index is 0.474. The first-order chi connectivity index (χ1) is 8.43. The van der Waals surface area contributed by atoms with Crippen LogP contribution in [0.5, 0.6) is 0 Å². The number of aryl methyl sites for hydroxylation is 1. The Labute approximate surface area is 102 Å². The van der Waals surface area contributed by atoms with Crippen molar-refractivity contribution in [1.29, 1.82) is 0 Å². The van der Waals surface area contributed by atoms with E-state index in [9.17, 15) is 0 Å². The van der Waals surface area contributed by atoms with Crippen molar-refractivity contribution in [2.45, 2.75) is 25.3 Å². The van der Waals surface area contributed by atoms with Crippen LogP contribution in [0, 0.1) is 0 Å². The molecule has 1 heteroatoms. The fraction of sp³-hybridized carbons (Fsp3) is 0.250. The van der Waals surface area contributed by atoms with Crippen LogP contribution < -0.4 is 5.32 Å². The van der Waals surface area contributed by atoms with E-state index in [1.165, 1.54) is 36.1 Å². The van der Waals surface area contributed by atoms with Crippen LogP contribution in [0.1, 0.15) is 30.0 Å². The van der Waals surface area contributed by atoms with Gasteiger partial charge in [0.05, 0.1) is 6.04 Å². The molecule has 1 atom stereocenters. The first-order valence-electron chi connectivity index (χ1n) is 6.33. The lowest BCUT2D eigenvalue weighted by Crippen LogP contribution is -2.17. The highest BCUT2D eigenvalue weighted by molar-refractivity contribution is 5.47. The second kappa shape index (κ2) is 4.62. The molecule has 1 aliphatic carbocycles. The summed E-state index contributed by atoms with van der Waals surface area (Å²) in [6.07, 6.45) is 3.73. The van der Waals surface area contributed by atoms with Crippen LogP contribution in [0.25, 0.3) is 0 Å². The zero-order valence-electron chi connectivity index (χ0n) is 9.89. The second-order valence-electron chi connectivity index (χ2n) is 4.65. The molecule has 3 rings (SSSR count). The lowest BCUT2D eigenvalue weighted by Gasteiger charge is -2.27. The molecule has 2 aromatic rings. The smallest absolute Gasteiger partial charge is 0.0516 e. The quantitative estimate of drug-likeness (QED) is 0.805. The van der Waals surface area contributed by atoms with E-state index in [2.05, 4.69) is 59.9 Å². The Morgan fingerprint density at radius 3 is 2.53 bits per heavy atom. The SMILES string of the molecule is c1ccc(N[C@@H]2CCCc3ccccc32)cc1. The number of rotatable bonds is 2. The molecule has 1 nitrogen and oxygen atoms in total. The van der Waals surface area contributed by atoms with E-state index in [-0.39, 0.29) is 0 Å². The molecule has 0 saturated carbocycles. The molecule has 0 spiro atoms. The number of hydrogen-bond donors (Lipinski definition) is 1. The average molecular weight is 223 g/mol. The van der Waals surface area contributed by atoms with Gasteiger partial charge in [0.1, 0.15) is 0 Å². The lowest BCUT2D eigenvalue weighted by atomic mass is 9.87. The topological polar surface area (TPSA) is 12.0 Å². The van der Waals surface area contributed by atoms with Crippen LogP contribution in [-0.2, 0) is 6.42 Å². The van der Waals surface area contributed by atoms with Crippen LogP contribution in [0.2, 0.25) is 0 Å². The van der Waals surface area contributed by atoms with E-state index >= 15 is 0 Å². The van der Waals surface area contributed by atoms with Crippen molar-refractivity contribution in [3.05, 3.63) is 65.7 Å². The number of para-hydroxylation sites is 1. The van der Waals surface area contributed by atoms with Crippen LogP contribution in [0.3, 0.4) is 0 Å². The number of anilines is 1. The summed E-state index contributed by atoms with van der Waals surface area (Å²) >= 11 is 0. The molecule has 0 fully saturated rings. The Kier molecular flexibility index (Phi) is 2.83. The lowest BCUT2D eigenvalue weighted by molar-refractivity contribution is 0.600. The molecule has 0 unspecified atom stereocenters. The maximum atomic E-state index is 3.64. The van der Waals surface area contributed by atoms with Crippen molar-refractivity contribution in [2.75, 3.05) is 5.32 Å². The second-order valence-corrected chi connectivity index (χ2v) is 4.65. The molecular formula is C16H17N. The zero-order chi connectivity index (χ0) is 11.5. The molecule has 17 heavy (non-hydrogen) atoms. The third kappa shape index (κ3) is 2.19. The van der Waals surface area contributed by atoms with Gasteiger partial charge in [0.15, 0.2) is 0 Å². The van der Waals surface area contributed by atoms with Gasteiger partial charge in [0, 0.05) is 5.69 Å². The highest BCUT2D eigenvalue weighted by atomic mass is 14.9. The van der Waals surface area contributed by atoms with Gasteiger partial charge in [0.25, 0.3) is 0 Å². The summed E-state index contributed by atoms with van der Waals surface area (Å²) in [4.78, 5) is 0. The van der Waals surface area contributed by atoms with Gasteiger partial charge in [-0.3, -0.25) is 0 Å². The summed E-state index contributed by atoms with van der Waals surface area (Å²) in [6.45, 7) is 0. The monoisotopic (exact) mass is 223 g/mol. The number of fused-ring (bicyclic) bond motifs is 1. The Morgan fingerprint density at radius 1 is 0.882 bits per heavy atom. The maximum absolute atomic E-state index is 3.64. The Bertz CT molecular complexity index is 490. The zero-order valence-corrected chi connectivity index (χ0v) is 9.89. The highest BCUT2D eigenvalue weighted by Gasteiger charge is 2.18. The van der Waals surface area contributed by atoms with E-state index in [1.807, 2.05) is 0 Å². The van der Waals surface area contributed by atoms with Crippen LogP contribution in [0.4, 0.5) is 5.69 Å². The Morgan fingerprint density at radius 2 is 1.65 bits per heavy atom. The standard InChI is InChI=1S/C16H17N/c1-2-9-14(10-3-1)17-16-12-6-8-13-7-4-5-11-15(13)16/h1-5,7,9-11,16-17H,6,8,12H2/t16-/m1/s1. The molecule has 0 radical (unpaired) electrons. The fourth-order valence-corrected chi connectivity index (χ4v) is 2.64. The maximum Gasteiger partial charge on any atom is 0.0516 e. The largest absolute Gasteiger partial charge is 0.378 e. The van der Waals surface area contributed by atoms with Crippen molar-refractivity contribution < 1.29 is 0 Å². The molecule has 1 N–H and O–H groups in total. The normalized spacial score (nSPS) is 18.5. The minimum absolute atomic E-state index is 0.474. The fourth-order valence-electron chi connectivity index (χ4n) is 2.64. The van der Waals surface area contributed by atoms with E-state index in [1.54, 1.807) is 0 Å². The molecular weight excluding hydrogens is 206 g/mol. The molecule has 86 valence electrons. The van der Waals surface area contributed by atoms with Crippen molar-refractivity contribution in [1.82, 2.24) is 0 Å². The molecule has 0 aliphatic heterocycles. The molecule has 0 aromatic heterocycles. The van der Waals surface area contributed by atoms with Crippen molar-refractivity contribution >= 4 is 5.69 Å². The van der Waals surface area contributed by atoms with Gasteiger partial charge in [0.2, 0.25) is 0 Å². The Hall–Kier alpha value is -1.76. The van der Waals surface area contributed by atoms with Crippen molar-refractivity contribution in [3.63, 3.8) is 0 Å². The molecule has 1 aliphatic rings. The predicted molar refractivity (Wildman–Crippen MR) is 72.2 cm³/mol. The van der Waals surface area contributed by atoms with Crippen molar-refractivity contribution in [2.24, 2.45) is 0 Å². The van der Waals surface area contributed by atoms with Gasteiger partial charge in [-0.25, -0.2) is 0 Å². The van der Waals surface area contributed by atoms with E-state index in [0.29, 0.717) is 6.04 Å². The van der Waals surface area contributed by atoms with Crippen LogP contribution in [0.15, 0.2) is 54.6 Å². The number of hydrogen-bond acceptors (Lipinski definition) is 1. The summed E-state index contributed by atoms with van der Waals surface area (Å²) in [5, 5.41) is 3.64. The highest BCUT2D eigenvalue weighted by Crippen LogP contribution is 2.32. The Balaban J connectivity index is 1.86. The molecule has 0 saturated heterocycles. The summed E-state index contributed by atoms with van der Waals surface area (Å²) in [5.41, 5.74) is 4.20. The molecule has 0 heterocycles. The van der Waals surface area contributed by atoms with Gasteiger partial charge in [-0.05, 0) is 42.5 Å². The van der Waals surface area contributed by atoms with Gasteiger partial charge in [-0.1, -0.05) is 42.5 Å². The van der Waals surface area contributed by atoms with Gasteiger partial charge >= 0.3 is 0 Å². The summed E-state index contributed by atoms with van der Waals surface area (Å²) in [6, 6.07) is 19.8. The van der Waals surface area contributed by atoms with E-state index in [4.69, 9.17) is 0 Å². The summed E-state index contributed by atoms with van der Waals surface area (Å²) in [7, 11) is 0. The van der Waals surface area contributed by atoms with Gasteiger partial charge in [-0.2, -0.15) is 0 Å². The van der Waals surface area contributed by atoms with Gasteiger partial charge in [-0.15, -0.1) is 0 Å². The average Bonchev–Trinajstić information content (AvgIpc) is 2.40. The first-order valence-corrected chi connectivity index (χ1v) is 6.33. The molecule has 2 aromatic carbocycles. The third-order valence-electron chi connectivity index (χ3n) is 3.48.